The molecule has 8 nitrogen and oxygen atoms in total. The van der Waals surface area contributed by atoms with E-state index in [2.05, 4.69) is 31.7 Å². The summed E-state index contributed by atoms with van der Waals surface area (Å²) >= 11 is 1.47. The summed E-state index contributed by atoms with van der Waals surface area (Å²) in [4.78, 5) is 42.2. The second-order valence-corrected chi connectivity index (χ2v) is 8.47. The molecule has 4 heterocycles. The number of hydrogen-bond donors (Lipinski definition) is 1. The van der Waals surface area contributed by atoms with Crippen molar-refractivity contribution in [1.29, 1.82) is 0 Å². The predicted molar refractivity (Wildman–Crippen MR) is 117 cm³/mol. The number of nitrogens with one attached hydrogen (secondary N) is 1. The van der Waals surface area contributed by atoms with E-state index >= 15 is 0 Å². The van der Waals surface area contributed by atoms with Crippen LogP contribution in [0.25, 0.3) is 15.9 Å². The molecule has 1 aliphatic rings. The first-order valence-corrected chi connectivity index (χ1v) is 10.9. The maximum absolute atomic E-state index is 12.4. The highest BCUT2D eigenvalue weighted by atomic mass is 32.1. The van der Waals surface area contributed by atoms with Gasteiger partial charge in [-0.1, -0.05) is 12.1 Å². The normalized spacial score (nSPS) is 17.0. The molecule has 1 aliphatic heterocycles. The fraction of sp³-hybridized carbons (Fsp3) is 0.333. The zero-order valence-corrected chi connectivity index (χ0v) is 17.4. The van der Waals surface area contributed by atoms with Crippen LogP contribution in [0, 0.1) is 0 Å². The summed E-state index contributed by atoms with van der Waals surface area (Å²) in [6.45, 7) is 6.20. The zero-order valence-electron chi connectivity index (χ0n) is 16.6. The monoisotopic (exact) mass is 422 g/mol. The van der Waals surface area contributed by atoms with Crippen molar-refractivity contribution in [2.24, 2.45) is 0 Å². The second kappa shape index (κ2) is 7.75. The van der Waals surface area contributed by atoms with E-state index < -0.39 is 0 Å². The molecule has 4 aromatic rings. The van der Waals surface area contributed by atoms with Gasteiger partial charge in [0, 0.05) is 50.4 Å². The minimum Gasteiger partial charge on any atom is -0.309 e. The fourth-order valence-electron chi connectivity index (χ4n) is 3.98. The van der Waals surface area contributed by atoms with E-state index in [-0.39, 0.29) is 17.2 Å². The van der Waals surface area contributed by atoms with Crippen molar-refractivity contribution in [3.05, 3.63) is 74.1 Å². The molecule has 0 bridgehead atoms. The minimum absolute atomic E-state index is 0.0229. The van der Waals surface area contributed by atoms with E-state index in [0.29, 0.717) is 17.8 Å². The first-order chi connectivity index (χ1) is 14.6. The third kappa shape index (κ3) is 3.55. The molecule has 9 heteroatoms. The maximum atomic E-state index is 12.4. The van der Waals surface area contributed by atoms with Crippen molar-refractivity contribution < 1.29 is 0 Å². The number of para-hydroxylation sites is 1. The van der Waals surface area contributed by atoms with Crippen LogP contribution in [0.3, 0.4) is 0 Å². The quantitative estimate of drug-likeness (QED) is 0.540. The SMILES string of the molecule is CC(c1nc2ccccc2c(=O)[nH]1)N1CCN(Cc2cc(=O)n3ccsc3n2)CC1. The Morgan fingerprint density at radius 1 is 1.13 bits per heavy atom. The third-order valence-corrected chi connectivity index (χ3v) is 6.48. The van der Waals surface area contributed by atoms with Gasteiger partial charge in [-0.05, 0) is 19.1 Å². The highest BCUT2D eigenvalue weighted by Gasteiger charge is 2.24. The molecular formula is C21H22N6O2S. The Labute approximate surface area is 176 Å². The molecule has 30 heavy (non-hydrogen) atoms. The Bertz CT molecular complexity index is 1320. The second-order valence-electron chi connectivity index (χ2n) is 7.60. The molecule has 1 atom stereocenters. The number of H-pyrrole nitrogens is 1. The summed E-state index contributed by atoms with van der Waals surface area (Å²) in [6, 6.07) is 9.06. The van der Waals surface area contributed by atoms with Crippen molar-refractivity contribution in [1.82, 2.24) is 29.2 Å². The lowest BCUT2D eigenvalue weighted by molar-refractivity contribution is 0.0941. The smallest absolute Gasteiger partial charge is 0.258 e. The molecule has 1 saturated heterocycles. The largest absolute Gasteiger partial charge is 0.309 e. The van der Waals surface area contributed by atoms with Gasteiger partial charge in [0.1, 0.15) is 5.82 Å². The third-order valence-electron chi connectivity index (χ3n) is 5.72. The van der Waals surface area contributed by atoms with Crippen molar-refractivity contribution in [3.8, 4) is 0 Å². The number of benzene rings is 1. The molecule has 5 rings (SSSR count). The van der Waals surface area contributed by atoms with E-state index in [1.165, 1.54) is 11.3 Å². The Morgan fingerprint density at radius 3 is 2.77 bits per heavy atom. The Kier molecular flexibility index (Phi) is 4.93. The topological polar surface area (TPSA) is 86.6 Å². The number of rotatable bonds is 4. The molecule has 0 aliphatic carbocycles. The van der Waals surface area contributed by atoms with Crippen molar-refractivity contribution in [2.75, 3.05) is 26.2 Å². The lowest BCUT2D eigenvalue weighted by Gasteiger charge is -2.37. The molecule has 1 fully saturated rings. The fourth-order valence-corrected chi connectivity index (χ4v) is 4.72. The van der Waals surface area contributed by atoms with Crippen LogP contribution in [0.4, 0.5) is 0 Å². The zero-order chi connectivity index (χ0) is 20.7. The Morgan fingerprint density at radius 2 is 1.93 bits per heavy atom. The van der Waals surface area contributed by atoms with Gasteiger partial charge in [-0.15, -0.1) is 11.3 Å². The first kappa shape index (κ1) is 19.1. The van der Waals surface area contributed by atoms with Gasteiger partial charge in [0.2, 0.25) is 0 Å². The van der Waals surface area contributed by atoms with Gasteiger partial charge in [-0.3, -0.25) is 23.8 Å². The summed E-state index contributed by atoms with van der Waals surface area (Å²) < 4.78 is 1.57. The summed E-state index contributed by atoms with van der Waals surface area (Å²) in [5.41, 5.74) is 1.41. The van der Waals surface area contributed by atoms with Crippen molar-refractivity contribution in [2.45, 2.75) is 19.5 Å². The van der Waals surface area contributed by atoms with Gasteiger partial charge in [-0.2, -0.15) is 0 Å². The standard InChI is InChI=1S/C21H22N6O2S/c1-14(19-23-17-5-3-2-4-16(17)20(29)24-19)26-8-6-25(7-9-26)13-15-12-18(28)27-10-11-30-21(27)22-15/h2-5,10-12,14H,6-9,13H2,1H3,(H,23,24,29). The highest BCUT2D eigenvalue weighted by Crippen LogP contribution is 2.20. The molecule has 154 valence electrons. The summed E-state index contributed by atoms with van der Waals surface area (Å²) in [6.07, 6.45) is 1.75. The van der Waals surface area contributed by atoms with Crippen molar-refractivity contribution >= 4 is 27.2 Å². The molecule has 0 spiro atoms. The average Bonchev–Trinajstić information content (AvgIpc) is 3.23. The number of piperazine rings is 1. The lowest BCUT2D eigenvalue weighted by Crippen LogP contribution is -2.47. The highest BCUT2D eigenvalue weighted by molar-refractivity contribution is 7.15. The number of nitrogens with zero attached hydrogens (tertiary/aromatic N) is 5. The minimum atomic E-state index is -0.0950. The Balaban J connectivity index is 1.27. The van der Waals surface area contributed by atoms with E-state index in [9.17, 15) is 9.59 Å². The van der Waals surface area contributed by atoms with Crippen LogP contribution in [0.5, 0.6) is 0 Å². The number of aromatic nitrogens is 4. The first-order valence-electron chi connectivity index (χ1n) is 9.99. The van der Waals surface area contributed by atoms with E-state index in [0.717, 1.165) is 42.4 Å². The van der Waals surface area contributed by atoms with Crippen LogP contribution < -0.4 is 11.1 Å². The van der Waals surface area contributed by atoms with Crippen LogP contribution in [-0.2, 0) is 6.54 Å². The Hall–Kier alpha value is -2.88. The van der Waals surface area contributed by atoms with Gasteiger partial charge < -0.3 is 4.98 Å². The molecule has 0 saturated carbocycles. The predicted octanol–water partition coefficient (Wildman–Crippen LogP) is 1.87. The van der Waals surface area contributed by atoms with Crippen LogP contribution in [0.15, 0.2) is 51.5 Å². The summed E-state index contributed by atoms with van der Waals surface area (Å²) in [5, 5.41) is 2.49. The number of fused-ring (bicyclic) bond motifs is 2. The average molecular weight is 423 g/mol. The number of hydrogen-bond acceptors (Lipinski definition) is 7. The van der Waals surface area contributed by atoms with Crippen LogP contribution in [0.2, 0.25) is 0 Å². The van der Waals surface area contributed by atoms with Gasteiger partial charge in [0.05, 0.1) is 22.6 Å². The van der Waals surface area contributed by atoms with Gasteiger partial charge in [0.15, 0.2) is 4.96 Å². The van der Waals surface area contributed by atoms with E-state index in [1.807, 2.05) is 23.6 Å². The van der Waals surface area contributed by atoms with Gasteiger partial charge in [0.25, 0.3) is 11.1 Å². The molecule has 0 radical (unpaired) electrons. The molecular weight excluding hydrogens is 400 g/mol. The number of thiazole rings is 1. The van der Waals surface area contributed by atoms with Crippen LogP contribution in [0.1, 0.15) is 24.5 Å². The van der Waals surface area contributed by atoms with Gasteiger partial charge >= 0.3 is 0 Å². The molecule has 1 aromatic carbocycles. The van der Waals surface area contributed by atoms with Crippen molar-refractivity contribution in [3.63, 3.8) is 0 Å². The molecule has 3 aromatic heterocycles. The van der Waals surface area contributed by atoms with E-state index in [1.54, 1.807) is 22.7 Å². The lowest BCUT2D eigenvalue weighted by atomic mass is 10.2. The van der Waals surface area contributed by atoms with Crippen LogP contribution >= 0.6 is 11.3 Å². The maximum Gasteiger partial charge on any atom is 0.258 e. The van der Waals surface area contributed by atoms with Gasteiger partial charge in [-0.25, -0.2) is 9.97 Å². The van der Waals surface area contributed by atoms with Crippen LogP contribution in [-0.4, -0.2) is 55.3 Å². The number of aromatic amines is 1. The molecule has 1 N–H and O–H groups in total. The van der Waals surface area contributed by atoms with E-state index in [4.69, 9.17) is 0 Å². The molecule has 1 unspecified atom stereocenters. The summed E-state index contributed by atoms with van der Waals surface area (Å²) in [7, 11) is 0. The molecule has 0 amide bonds. The summed E-state index contributed by atoms with van der Waals surface area (Å²) in [5.74, 6) is 0.699.